The number of nitrogens with zero attached hydrogens (tertiary/aromatic N) is 3. The first-order valence-corrected chi connectivity index (χ1v) is 5.54. The maximum absolute atomic E-state index is 5.81. The van der Waals surface area contributed by atoms with Crippen molar-refractivity contribution in [1.82, 2.24) is 15.2 Å². The lowest BCUT2D eigenvalue weighted by molar-refractivity contribution is 0.572. The molecule has 0 saturated heterocycles. The molecule has 1 heterocycles. The second-order valence-electron chi connectivity index (χ2n) is 4.49. The largest absolute Gasteiger partial charge is 0.367 e. The summed E-state index contributed by atoms with van der Waals surface area (Å²) >= 11 is 11.4. The van der Waals surface area contributed by atoms with Crippen LogP contribution in [0.3, 0.4) is 0 Å². The van der Waals surface area contributed by atoms with Gasteiger partial charge in [-0.25, -0.2) is 0 Å². The zero-order chi connectivity index (χ0) is 11.1. The van der Waals surface area contributed by atoms with E-state index in [4.69, 9.17) is 23.2 Å². The molecule has 1 N–H and O–H groups in total. The standard InChI is InChI=1S/C9H12Cl2N4/c1-9(2)3-5(9)4-12-7-6(10)14-15-8(11)13-7/h5H,3-4H2,1-2H3,(H,12,13,15). The van der Waals surface area contributed by atoms with Crippen LogP contribution in [0.5, 0.6) is 0 Å². The summed E-state index contributed by atoms with van der Waals surface area (Å²) in [4.78, 5) is 3.97. The van der Waals surface area contributed by atoms with E-state index < -0.39 is 0 Å². The minimum absolute atomic E-state index is 0.108. The van der Waals surface area contributed by atoms with E-state index in [1.54, 1.807) is 0 Å². The molecule has 1 aliphatic carbocycles. The Bertz CT molecular complexity index is 380. The Balaban J connectivity index is 1.96. The van der Waals surface area contributed by atoms with Gasteiger partial charge in [-0.2, -0.15) is 4.98 Å². The van der Waals surface area contributed by atoms with Crippen LogP contribution in [0, 0.1) is 11.3 Å². The molecule has 15 heavy (non-hydrogen) atoms. The van der Waals surface area contributed by atoms with Gasteiger partial charge in [0.1, 0.15) is 0 Å². The quantitative estimate of drug-likeness (QED) is 0.891. The Morgan fingerprint density at radius 2 is 2.07 bits per heavy atom. The van der Waals surface area contributed by atoms with Crippen molar-refractivity contribution < 1.29 is 0 Å². The normalized spacial score (nSPS) is 22.5. The van der Waals surface area contributed by atoms with Crippen LogP contribution >= 0.6 is 23.2 Å². The summed E-state index contributed by atoms with van der Waals surface area (Å²) in [5.74, 6) is 1.18. The summed E-state index contributed by atoms with van der Waals surface area (Å²) in [5, 5.41) is 10.7. The highest BCUT2D eigenvalue weighted by Crippen LogP contribution is 2.51. The fourth-order valence-electron chi connectivity index (χ4n) is 1.55. The van der Waals surface area contributed by atoms with E-state index in [2.05, 4.69) is 34.3 Å². The van der Waals surface area contributed by atoms with E-state index in [0.717, 1.165) is 6.54 Å². The van der Waals surface area contributed by atoms with Crippen LogP contribution in [-0.4, -0.2) is 21.7 Å². The van der Waals surface area contributed by atoms with Gasteiger partial charge in [0, 0.05) is 6.54 Å². The molecule has 0 aliphatic heterocycles. The van der Waals surface area contributed by atoms with Crippen molar-refractivity contribution in [2.24, 2.45) is 11.3 Å². The minimum Gasteiger partial charge on any atom is -0.367 e. The lowest BCUT2D eigenvalue weighted by Gasteiger charge is -2.07. The topological polar surface area (TPSA) is 50.7 Å². The lowest BCUT2D eigenvalue weighted by Crippen LogP contribution is -2.10. The Morgan fingerprint density at radius 3 is 2.67 bits per heavy atom. The molecule has 1 atom stereocenters. The fourth-order valence-corrected chi connectivity index (χ4v) is 1.82. The van der Waals surface area contributed by atoms with Crippen molar-refractivity contribution in [2.45, 2.75) is 20.3 Å². The van der Waals surface area contributed by atoms with Gasteiger partial charge in [0.05, 0.1) is 0 Å². The van der Waals surface area contributed by atoms with Gasteiger partial charge in [0.25, 0.3) is 0 Å². The fraction of sp³-hybridized carbons (Fsp3) is 0.667. The van der Waals surface area contributed by atoms with Gasteiger partial charge in [0.2, 0.25) is 5.28 Å². The molecule has 0 radical (unpaired) electrons. The summed E-state index contributed by atoms with van der Waals surface area (Å²) < 4.78 is 0. The van der Waals surface area contributed by atoms with Crippen LogP contribution in [0.4, 0.5) is 5.82 Å². The number of halogens is 2. The Labute approximate surface area is 98.4 Å². The summed E-state index contributed by atoms with van der Waals surface area (Å²) in [6.45, 7) is 5.33. The molecule has 2 rings (SSSR count). The molecule has 0 aromatic carbocycles. The maximum Gasteiger partial charge on any atom is 0.245 e. The second-order valence-corrected chi connectivity index (χ2v) is 5.19. The van der Waals surface area contributed by atoms with E-state index in [9.17, 15) is 0 Å². The Kier molecular flexibility index (Phi) is 2.73. The van der Waals surface area contributed by atoms with E-state index >= 15 is 0 Å². The van der Waals surface area contributed by atoms with E-state index in [-0.39, 0.29) is 10.4 Å². The average Bonchev–Trinajstić information content (AvgIpc) is 2.76. The average molecular weight is 247 g/mol. The molecule has 1 saturated carbocycles. The molecule has 1 unspecified atom stereocenters. The van der Waals surface area contributed by atoms with Crippen molar-refractivity contribution >= 4 is 29.0 Å². The molecule has 1 aromatic rings. The van der Waals surface area contributed by atoms with Crippen molar-refractivity contribution in [3.8, 4) is 0 Å². The molecule has 1 fully saturated rings. The van der Waals surface area contributed by atoms with Crippen LogP contribution < -0.4 is 5.32 Å². The summed E-state index contributed by atoms with van der Waals surface area (Å²) in [6.07, 6.45) is 1.23. The van der Waals surface area contributed by atoms with Crippen LogP contribution in [0.2, 0.25) is 10.4 Å². The first-order valence-electron chi connectivity index (χ1n) is 4.78. The third kappa shape index (κ3) is 2.49. The third-order valence-electron chi connectivity index (χ3n) is 2.85. The van der Waals surface area contributed by atoms with Gasteiger partial charge in [-0.05, 0) is 29.4 Å². The smallest absolute Gasteiger partial charge is 0.245 e. The Morgan fingerprint density at radius 1 is 1.40 bits per heavy atom. The molecule has 1 aromatic heterocycles. The van der Waals surface area contributed by atoms with Crippen LogP contribution in [0.25, 0.3) is 0 Å². The van der Waals surface area contributed by atoms with Crippen molar-refractivity contribution in [2.75, 3.05) is 11.9 Å². The van der Waals surface area contributed by atoms with E-state index in [1.807, 2.05) is 0 Å². The van der Waals surface area contributed by atoms with Crippen LogP contribution in [0.1, 0.15) is 20.3 Å². The summed E-state index contributed by atoms with van der Waals surface area (Å²) in [5.41, 5.74) is 0.434. The van der Waals surface area contributed by atoms with Gasteiger partial charge in [0.15, 0.2) is 11.0 Å². The monoisotopic (exact) mass is 246 g/mol. The molecule has 1 aliphatic rings. The molecular formula is C9H12Cl2N4. The van der Waals surface area contributed by atoms with E-state index in [1.165, 1.54) is 6.42 Å². The summed E-state index contributed by atoms with van der Waals surface area (Å²) in [6, 6.07) is 0. The zero-order valence-electron chi connectivity index (χ0n) is 8.59. The number of nitrogens with one attached hydrogen (secondary N) is 1. The van der Waals surface area contributed by atoms with Crippen LogP contribution in [-0.2, 0) is 0 Å². The highest BCUT2D eigenvalue weighted by atomic mass is 35.5. The minimum atomic E-state index is 0.108. The molecule has 0 spiro atoms. The SMILES string of the molecule is CC1(C)CC1CNc1nc(Cl)nnc1Cl. The number of rotatable bonds is 3. The predicted molar refractivity (Wildman–Crippen MR) is 60.2 cm³/mol. The molecule has 82 valence electrons. The molecule has 0 bridgehead atoms. The molecule has 6 heteroatoms. The van der Waals surface area contributed by atoms with Gasteiger partial charge < -0.3 is 5.32 Å². The summed E-state index contributed by atoms with van der Waals surface area (Å²) in [7, 11) is 0. The zero-order valence-corrected chi connectivity index (χ0v) is 10.1. The molecular weight excluding hydrogens is 235 g/mol. The number of anilines is 1. The molecule has 4 nitrogen and oxygen atoms in total. The highest BCUT2D eigenvalue weighted by Gasteiger charge is 2.45. The highest BCUT2D eigenvalue weighted by molar-refractivity contribution is 6.32. The number of aromatic nitrogens is 3. The second kappa shape index (κ2) is 3.76. The first kappa shape index (κ1) is 10.9. The van der Waals surface area contributed by atoms with Crippen molar-refractivity contribution in [3.63, 3.8) is 0 Å². The Hall–Kier alpha value is -0.610. The third-order valence-corrected chi connectivity index (χ3v) is 3.27. The maximum atomic E-state index is 5.81. The van der Waals surface area contributed by atoms with E-state index in [0.29, 0.717) is 17.2 Å². The number of hydrogen-bond donors (Lipinski definition) is 1. The van der Waals surface area contributed by atoms with Crippen LogP contribution in [0.15, 0.2) is 0 Å². The van der Waals surface area contributed by atoms with Gasteiger partial charge >= 0.3 is 0 Å². The first-order chi connectivity index (χ1) is 6.99. The van der Waals surface area contributed by atoms with Crippen molar-refractivity contribution in [3.05, 3.63) is 10.4 Å². The van der Waals surface area contributed by atoms with Gasteiger partial charge in [-0.3, -0.25) is 0 Å². The number of hydrogen-bond acceptors (Lipinski definition) is 4. The van der Waals surface area contributed by atoms with Gasteiger partial charge in [-0.1, -0.05) is 25.4 Å². The predicted octanol–water partition coefficient (Wildman–Crippen LogP) is 2.64. The molecule has 0 amide bonds. The van der Waals surface area contributed by atoms with Crippen molar-refractivity contribution in [1.29, 1.82) is 0 Å². The van der Waals surface area contributed by atoms with Gasteiger partial charge in [-0.15, -0.1) is 10.2 Å². The lowest BCUT2D eigenvalue weighted by atomic mass is 10.1.